The number of rotatable bonds is 10. The van der Waals surface area contributed by atoms with Gasteiger partial charge in [0.15, 0.2) is 4.32 Å². The first kappa shape index (κ1) is 26.0. The molecule has 0 unspecified atom stereocenters. The number of hydrogen-bond acceptors (Lipinski definition) is 4. The molecule has 29 heavy (non-hydrogen) atoms. The largest absolute Gasteiger partial charge is 0.507 e. The second-order valence-electron chi connectivity index (χ2n) is 6.45. The molecule has 0 spiro atoms. The van der Waals surface area contributed by atoms with E-state index in [4.69, 9.17) is 12.2 Å². The summed E-state index contributed by atoms with van der Waals surface area (Å²) in [5.41, 5.74) is 4.64. The summed E-state index contributed by atoms with van der Waals surface area (Å²) in [5.74, 6) is 1.000. The van der Waals surface area contributed by atoms with Gasteiger partial charge in [0.25, 0.3) is 0 Å². The average molecular weight is 535 g/mol. The molecule has 0 fully saturated rings. The number of benzene rings is 2. The average Bonchev–Trinajstić information content (AvgIpc) is 2.75. The van der Waals surface area contributed by atoms with E-state index in [0.717, 1.165) is 5.75 Å². The van der Waals surface area contributed by atoms with Crippen LogP contribution >= 0.6 is 24.0 Å². The molecule has 2 radical (unpaired) electrons. The maximum absolute atomic E-state index is 9.57. The minimum atomic E-state index is 0.149. The zero-order valence-corrected chi connectivity index (χ0v) is 21.9. The molecule has 0 saturated heterocycles. The number of nitrogens with zero attached hydrogens (tertiary/aromatic N) is 1. The van der Waals surface area contributed by atoms with Crippen LogP contribution in [-0.4, -0.2) is 36.8 Å². The summed E-state index contributed by atoms with van der Waals surface area (Å²) in [6, 6.07) is 17.1. The molecular weight excluding hydrogens is 503 g/mol. The molecule has 0 saturated carbocycles. The van der Waals surface area contributed by atoms with Crippen molar-refractivity contribution >= 4 is 55.7 Å². The Morgan fingerprint density at radius 1 is 1.03 bits per heavy atom. The molecule has 3 nitrogen and oxygen atoms in total. The molecule has 0 aliphatic carbocycles. The van der Waals surface area contributed by atoms with E-state index in [1.54, 1.807) is 33.3 Å². The van der Waals surface area contributed by atoms with E-state index in [1.165, 1.54) is 43.0 Å². The third kappa shape index (κ3) is 13.7. The summed E-state index contributed by atoms with van der Waals surface area (Å²) in [7, 11) is 0. The zero-order valence-electron chi connectivity index (χ0n) is 17.4. The zero-order chi connectivity index (χ0) is 21.2. The fourth-order valence-corrected chi connectivity index (χ4v) is 7.23. The topological polar surface area (TPSA) is 44.6 Å². The molecule has 0 aliphatic rings. The summed E-state index contributed by atoms with van der Waals surface area (Å²) in [4.78, 5) is 0. The van der Waals surface area contributed by atoms with Gasteiger partial charge in [-0.25, -0.2) is 0 Å². The summed E-state index contributed by atoms with van der Waals surface area (Å²) in [5, 5.41) is 13.6. The van der Waals surface area contributed by atoms with Crippen LogP contribution in [0.4, 0.5) is 0 Å². The van der Waals surface area contributed by atoms with Gasteiger partial charge in [0.1, 0.15) is 5.75 Å². The molecule has 0 aliphatic heterocycles. The number of phenolic OH excluding ortho intramolecular Hbond substituents is 1. The minimum absolute atomic E-state index is 0.149. The van der Waals surface area contributed by atoms with E-state index in [9.17, 15) is 5.11 Å². The molecule has 0 bridgehead atoms. The van der Waals surface area contributed by atoms with Gasteiger partial charge in [-0.2, -0.15) is 5.10 Å². The Hall–Kier alpha value is -1.05. The smallest absolute Gasteiger partial charge is 0.154 e. The molecule has 2 rings (SSSR count). The van der Waals surface area contributed by atoms with Crippen LogP contribution in [0.2, 0.25) is 8.87 Å². The van der Waals surface area contributed by atoms with Crippen LogP contribution in [-0.2, 0) is 5.75 Å². The fraction of sp³-hybridized carbons (Fsp3) is 0.391. The van der Waals surface area contributed by atoms with Crippen molar-refractivity contribution in [1.29, 1.82) is 0 Å². The molecule has 2 N–H and O–H groups in total. The standard InChI is InChI=1S/C15H14N2OS2.2C4H9.Sn/c18-14-9-5-4-8-13(14)10-16-17-15(19)20-11-12-6-2-1-3-7-12;2*1-3-4-2;/h1-10,18H,11H2,(H,17,19);2*1,3-4H2,2H3;/b16-10+;;;. The summed E-state index contributed by atoms with van der Waals surface area (Å²) in [6.45, 7) is 4.58. The number of para-hydroxylation sites is 1. The Kier molecular flexibility index (Phi) is 15.9. The molecule has 0 aromatic heterocycles. The Morgan fingerprint density at radius 3 is 2.28 bits per heavy atom. The number of thioether (sulfide) groups is 1. The second kappa shape index (κ2) is 17.8. The van der Waals surface area contributed by atoms with Crippen LogP contribution in [0.3, 0.4) is 0 Å². The molecule has 0 heterocycles. The Morgan fingerprint density at radius 2 is 1.66 bits per heavy atom. The van der Waals surface area contributed by atoms with Crippen LogP contribution < -0.4 is 5.43 Å². The number of nitrogens with one attached hydrogen (secondary N) is 1. The van der Waals surface area contributed by atoms with E-state index in [-0.39, 0.29) is 26.9 Å². The van der Waals surface area contributed by atoms with Gasteiger partial charge >= 0.3 is 69.5 Å². The van der Waals surface area contributed by atoms with Gasteiger partial charge in [-0.15, -0.1) is 0 Å². The fourth-order valence-electron chi connectivity index (χ4n) is 2.24. The van der Waals surface area contributed by atoms with E-state index >= 15 is 0 Å². The molecule has 6 heteroatoms. The van der Waals surface area contributed by atoms with E-state index in [2.05, 4.69) is 36.5 Å². The number of thiocarbonyl (C=S) groups is 1. The Bertz CT molecular complexity index is 705. The number of aromatic hydroxyl groups is 1. The first-order valence-electron chi connectivity index (χ1n) is 10.2. The van der Waals surface area contributed by atoms with E-state index in [0.29, 0.717) is 9.88 Å². The van der Waals surface area contributed by atoms with Crippen molar-refractivity contribution in [2.45, 2.75) is 54.2 Å². The SMILES string of the molecule is CCC[CH2][Sn][CH2]CCC.Oc1ccccc1/C=N/NC(=S)SCc1ccccc1. The van der Waals surface area contributed by atoms with Gasteiger partial charge in [0.05, 0.1) is 6.21 Å². The number of phenols is 1. The number of hydrogen-bond donors (Lipinski definition) is 2. The predicted octanol–water partition coefficient (Wildman–Crippen LogP) is 6.66. The van der Waals surface area contributed by atoms with Crippen molar-refractivity contribution in [1.82, 2.24) is 5.43 Å². The maximum Gasteiger partial charge on any atom is 0.154 e. The van der Waals surface area contributed by atoms with Crippen LogP contribution in [0.15, 0.2) is 59.7 Å². The van der Waals surface area contributed by atoms with Crippen molar-refractivity contribution in [2.24, 2.45) is 5.10 Å². The van der Waals surface area contributed by atoms with Gasteiger partial charge in [0.2, 0.25) is 0 Å². The minimum Gasteiger partial charge on any atom is -0.507 e. The first-order valence-corrected chi connectivity index (χ1v) is 15.6. The van der Waals surface area contributed by atoms with Crippen molar-refractivity contribution in [3.05, 3.63) is 65.7 Å². The predicted molar refractivity (Wildman–Crippen MR) is 134 cm³/mol. The molecule has 0 amide bonds. The molecular formula is C23H32N2OS2Sn. The van der Waals surface area contributed by atoms with E-state index < -0.39 is 0 Å². The van der Waals surface area contributed by atoms with Crippen LogP contribution in [0, 0.1) is 0 Å². The van der Waals surface area contributed by atoms with Crippen molar-refractivity contribution in [3.63, 3.8) is 0 Å². The molecule has 2 aromatic rings. The molecule has 2 aromatic carbocycles. The number of unbranched alkanes of at least 4 members (excludes halogenated alkanes) is 2. The molecule has 156 valence electrons. The van der Waals surface area contributed by atoms with Crippen molar-refractivity contribution < 1.29 is 5.11 Å². The van der Waals surface area contributed by atoms with Gasteiger partial charge in [-0.1, -0.05) is 66.4 Å². The normalized spacial score (nSPS) is 10.4. The monoisotopic (exact) mass is 536 g/mol. The van der Waals surface area contributed by atoms with Gasteiger partial charge in [-0.05, 0) is 17.7 Å². The quantitative estimate of drug-likeness (QED) is 0.117. The third-order valence-electron chi connectivity index (χ3n) is 3.92. The van der Waals surface area contributed by atoms with Crippen molar-refractivity contribution in [2.75, 3.05) is 0 Å². The van der Waals surface area contributed by atoms with Crippen LogP contribution in [0.5, 0.6) is 5.75 Å². The van der Waals surface area contributed by atoms with Gasteiger partial charge in [-0.3, -0.25) is 5.43 Å². The second-order valence-corrected chi connectivity index (χ2v) is 12.4. The Balaban J connectivity index is 0.000000396. The van der Waals surface area contributed by atoms with Gasteiger partial charge in [0, 0.05) is 11.3 Å². The maximum atomic E-state index is 9.57. The van der Waals surface area contributed by atoms with Crippen molar-refractivity contribution in [3.8, 4) is 5.75 Å². The van der Waals surface area contributed by atoms with Crippen LogP contribution in [0.25, 0.3) is 0 Å². The Labute approximate surface area is 196 Å². The summed E-state index contributed by atoms with van der Waals surface area (Å²) in [6.07, 6.45) is 7.39. The first-order chi connectivity index (χ1) is 14.2. The molecule has 0 atom stereocenters. The summed E-state index contributed by atoms with van der Waals surface area (Å²) >= 11 is 6.84. The van der Waals surface area contributed by atoms with E-state index in [1.807, 2.05) is 24.3 Å². The summed E-state index contributed by atoms with van der Waals surface area (Å²) < 4.78 is 3.85. The number of hydrazone groups is 1. The van der Waals surface area contributed by atoms with Gasteiger partial charge < -0.3 is 5.11 Å². The van der Waals surface area contributed by atoms with Crippen LogP contribution in [0.1, 0.15) is 50.7 Å². The third-order valence-corrected chi connectivity index (χ3v) is 9.24.